The summed E-state index contributed by atoms with van der Waals surface area (Å²) in [5.74, 6) is 0.605. The maximum Gasteiger partial charge on any atom is 0.153 e. The van der Waals surface area contributed by atoms with Gasteiger partial charge in [0.1, 0.15) is 29.6 Å². The fraction of sp³-hybridized carbons (Fsp3) is 0.214. The zero-order valence-electron chi connectivity index (χ0n) is 12.8. The summed E-state index contributed by atoms with van der Waals surface area (Å²) in [5.41, 5.74) is 2.08. The molecule has 120 valence electrons. The van der Waals surface area contributed by atoms with E-state index in [0.29, 0.717) is 23.7 Å². The number of hydrogen-bond acceptors (Lipinski definition) is 8. The molecule has 0 aliphatic rings. The summed E-state index contributed by atoms with van der Waals surface area (Å²) < 4.78 is 9.15. The van der Waals surface area contributed by atoms with E-state index in [-0.39, 0.29) is 6.10 Å². The fourth-order valence-corrected chi connectivity index (χ4v) is 2.29. The van der Waals surface area contributed by atoms with Gasteiger partial charge in [0.2, 0.25) is 0 Å². The van der Waals surface area contributed by atoms with Crippen molar-refractivity contribution < 1.29 is 4.74 Å². The summed E-state index contributed by atoms with van der Waals surface area (Å²) in [4.78, 5) is 4.17. The van der Waals surface area contributed by atoms with Gasteiger partial charge < -0.3 is 4.74 Å². The van der Waals surface area contributed by atoms with Crippen molar-refractivity contribution in [1.82, 2.24) is 45.0 Å². The van der Waals surface area contributed by atoms with E-state index in [9.17, 15) is 0 Å². The Hall–Kier alpha value is -3.43. The minimum Gasteiger partial charge on any atom is -0.487 e. The molecule has 4 heterocycles. The molecule has 0 spiro atoms. The standard InChI is InChI=1S/C14H13N9O/c1-10(8-22-9-17-20-21-22)24-11-6-13(18-16-7-11)12-2-3-14-15-4-5-23(14)19-12/h2-7,9-10H,8H2,1H3/t10-/m0/s1. The zero-order valence-corrected chi connectivity index (χ0v) is 12.8. The van der Waals surface area contributed by atoms with Gasteiger partial charge in [-0.05, 0) is 29.5 Å². The molecule has 4 rings (SSSR count). The summed E-state index contributed by atoms with van der Waals surface area (Å²) in [6, 6.07) is 5.52. The molecule has 10 heteroatoms. The van der Waals surface area contributed by atoms with E-state index in [4.69, 9.17) is 4.74 Å². The maximum atomic E-state index is 5.86. The highest BCUT2D eigenvalue weighted by molar-refractivity contribution is 5.56. The van der Waals surface area contributed by atoms with Gasteiger partial charge in [-0.15, -0.1) is 10.2 Å². The van der Waals surface area contributed by atoms with Crippen molar-refractivity contribution in [3.63, 3.8) is 0 Å². The van der Waals surface area contributed by atoms with Crippen LogP contribution < -0.4 is 4.74 Å². The molecule has 10 nitrogen and oxygen atoms in total. The van der Waals surface area contributed by atoms with Crippen LogP contribution >= 0.6 is 0 Å². The predicted octanol–water partition coefficient (Wildman–Crippen LogP) is 0.640. The monoisotopic (exact) mass is 323 g/mol. The smallest absolute Gasteiger partial charge is 0.153 e. The Morgan fingerprint density at radius 2 is 2.17 bits per heavy atom. The Labute approximate surface area is 136 Å². The molecule has 0 aliphatic carbocycles. The summed E-state index contributed by atoms with van der Waals surface area (Å²) >= 11 is 0. The molecule has 0 saturated heterocycles. The van der Waals surface area contributed by atoms with Crippen molar-refractivity contribution in [3.8, 4) is 17.1 Å². The lowest BCUT2D eigenvalue weighted by molar-refractivity contribution is 0.192. The third-order valence-electron chi connectivity index (χ3n) is 3.32. The number of imidazole rings is 1. The van der Waals surface area contributed by atoms with Gasteiger partial charge in [-0.25, -0.2) is 14.2 Å². The van der Waals surface area contributed by atoms with Crippen molar-refractivity contribution in [2.75, 3.05) is 0 Å². The Morgan fingerprint density at radius 1 is 1.21 bits per heavy atom. The average Bonchev–Trinajstić information content (AvgIpc) is 3.25. The van der Waals surface area contributed by atoms with Crippen molar-refractivity contribution in [1.29, 1.82) is 0 Å². The summed E-state index contributed by atoms with van der Waals surface area (Å²) in [5, 5.41) is 23.6. The molecule has 0 bridgehead atoms. The molecular weight excluding hydrogens is 310 g/mol. The van der Waals surface area contributed by atoms with Crippen LogP contribution in [0.25, 0.3) is 17.0 Å². The summed E-state index contributed by atoms with van der Waals surface area (Å²) in [6.45, 7) is 2.46. The molecule has 0 unspecified atom stereocenters. The van der Waals surface area contributed by atoms with Gasteiger partial charge in [0.15, 0.2) is 5.65 Å². The van der Waals surface area contributed by atoms with Crippen LogP contribution in [-0.4, -0.2) is 51.1 Å². The van der Waals surface area contributed by atoms with Crippen LogP contribution in [0.5, 0.6) is 5.75 Å². The first-order valence-electron chi connectivity index (χ1n) is 7.29. The highest BCUT2D eigenvalue weighted by Crippen LogP contribution is 2.19. The fourth-order valence-electron chi connectivity index (χ4n) is 2.29. The Bertz CT molecular complexity index is 950. The lowest BCUT2D eigenvalue weighted by atomic mass is 10.2. The van der Waals surface area contributed by atoms with Gasteiger partial charge in [0, 0.05) is 18.5 Å². The zero-order chi connectivity index (χ0) is 16.4. The first-order valence-corrected chi connectivity index (χ1v) is 7.29. The van der Waals surface area contributed by atoms with E-state index in [2.05, 4.69) is 35.8 Å². The molecular formula is C14H13N9O. The second-order valence-electron chi connectivity index (χ2n) is 5.19. The van der Waals surface area contributed by atoms with Gasteiger partial charge in [0.25, 0.3) is 0 Å². The predicted molar refractivity (Wildman–Crippen MR) is 81.9 cm³/mol. The van der Waals surface area contributed by atoms with Crippen LogP contribution in [0.2, 0.25) is 0 Å². The molecule has 0 N–H and O–H groups in total. The van der Waals surface area contributed by atoms with Gasteiger partial charge >= 0.3 is 0 Å². The quantitative estimate of drug-likeness (QED) is 0.526. The van der Waals surface area contributed by atoms with Crippen LogP contribution in [-0.2, 0) is 6.54 Å². The van der Waals surface area contributed by atoms with Gasteiger partial charge in [-0.3, -0.25) is 0 Å². The van der Waals surface area contributed by atoms with Crippen molar-refractivity contribution in [3.05, 3.63) is 43.1 Å². The van der Waals surface area contributed by atoms with Crippen LogP contribution in [0, 0.1) is 0 Å². The topological polar surface area (TPSA) is 109 Å². The molecule has 0 radical (unpaired) electrons. The molecule has 0 saturated carbocycles. The highest BCUT2D eigenvalue weighted by atomic mass is 16.5. The van der Waals surface area contributed by atoms with Crippen molar-refractivity contribution >= 4 is 5.65 Å². The largest absolute Gasteiger partial charge is 0.487 e. The molecule has 24 heavy (non-hydrogen) atoms. The van der Waals surface area contributed by atoms with E-state index < -0.39 is 0 Å². The number of fused-ring (bicyclic) bond motifs is 1. The second kappa shape index (κ2) is 5.99. The second-order valence-corrected chi connectivity index (χ2v) is 5.19. The Kier molecular flexibility index (Phi) is 3.54. The number of aromatic nitrogens is 9. The van der Waals surface area contributed by atoms with Crippen molar-refractivity contribution in [2.45, 2.75) is 19.6 Å². The Morgan fingerprint density at radius 3 is 3.04 bits per heavy atom. The normalized spacial score (nSPS) is 12.4. The van der Waals surface area contributed by atoms with Gasteiger partial charge in [-0.2, -0.15) is 10.2 Å². The summed E-state index contributed by atoms with van der Waals surface area (Å²) in [7, 11) is 0. The number of ether oxygens (including phenoxy) is 1. The first-order chi connectivity index (χ1) is 11.8. The van der Waals surface area contributed by atoms with Gasteiger partial charge in [0.05, 0.1) is 12.7 Å². The SMILES string of the molecule is C[C@@H](Cn1cnnn1)Oc1cnnc(-c2ccc3nccn3n2)c1. The van der Waals surface area contributed by atoms with Crippen LogP contribution in [0.15, 0.2) is 43.1 Å². The van der Waals surface area contributed by atoms with E-state index in [1.807, 2.05) is 19.1 Å². The average molecular weight is 323 g/mol. The molecule has 0 aromatic carbocycles. The minimum absolute atomic E-state index is 0.130. The molecule has 0 amide bonds. The van der Waals surface area contributed by atoms with E-state index in [1.54, 1.807) is 40.2 Å². The van der Waals surface area contributed by atoms with E-state index in [0.717, 1.165) is 5.65 Å². The first kappa shape index (κ1) is 14.2. The maximum absolute atomic E-state index is 5.86. The Balaban J connectivity index is 1.54. The lowest BCUT2D eigenvalue weighted by Crippen LogP contribution is -2.20. The van der Waals surface area contributed by atoms with Gasteiger partial charge in [-0.1, -0.05) is 0 Å². The number of hydrogen-bond donors (Lipinski definition) is 0. The van der Waals surface area contributed by atoms with Crippen molar-refractivity contribution in [2.24, 2.45) is 0 Å². The summed E-state index contributed by atoms with van der Waals surface area (Å²) in [6.07, 6.45) is 6.45. The number of nitrogens with zero attached hydrogens (tertiary/aromatic N) is 9. The molecule has 1 atom stereocenters. The number of tetrazole rings is 1. The van der Waals surface area contributed by atoms with Crippen LogP contribution in [0.3, 0.4) is 0 Å². The highest BCUT2D eigenvalue weighted by Gasteiger charge is 2.10. The van der Waals surface area contributed by atoms with E-state index >= 15 is 0 Å². The molecule has 0 aliphatic heterocycles. The van der Waals surface area contributed by atoms with Crippen LogP contribution in [0.1, 0.15) is 6.92 Å². The lowest BCUT2D eigenvalue weighted by Gasteiger charge is -2.14. The third kappa shape index (κ3) is 2.89. The van der Waals surface area contributed by atoms with Crippen LogP contribution in [0.4, 0.5) is 0 Å². The minimum atomic E-state index is -0.130. The van der Waals surface area contributed by atoms with E-state index in [1.165, 1.54) is 0 Å². The molecule has 4 aromatic heterocycles. The molecule has 4 aromatic rings. The molecule has 0 fully saturated rings. The third-order valence-corrected chi connectivity index (χ3v) is 3.32. The number of rotatable bonds is 5.